The zero-order valence-electron chi connectivity index (χ0n) is 14.0. The van der Waals surface area contributed by atoms with E-state index >= 15 is 0 Å². The minimum atomic E-state index is -0.344. The van der Waals surface area contributed by atoms with Crippen LogP contribution in [-0.2, 0) is 6.61 Å². The minimum absolute atomic E-state index is 0.114. The number of carbonyl (C=O) groups is 1. The Labute approximate surface area is 146 Å². The zero-order valence-corrected chi connectivity index (χ0v) is 14.0. The Bertz CT molecular complexity index is 726. The van der Waals surface area contributed by atoms with Crippen LogP contribution in [0.4, 0.5) is 4.39 Å². The Balaban J connectivity index is 1.58. The maximum Gasteiger partial charge on any atom is 0.251 e. The predicted octanol–water partition coefficient (Wildman–Crippen LogP) is 3.44. The Kier molecular flexibility index (Phi) is 5.66. The first kappa shape index (κ1) is 17.4. The molecular formula is C20H22FNO3. The van der Waals surface area contributed by atoms with Crippen molar-refractivity contribution >= 4 is 5.91 Å². The van der Waals surface area contributed by atoms with E-state index in [0.29, 0.717) is 11.3 Å². The van der Waals surface area contributed by atoms with E-state index in [1.54, 1.807) is 24.3 Å². The van der Waals surface area contributed by atoms with Gasteiger partial charge in [-0.3, -0.25) is 4.79 Å². The first-order valence-electron chi connectivity index (χ1n) is 8.56. The molecule has 0 unspecified atom stereocenters. The van der Waals surface area contributed by atoms with Crippen LogP contribution in [-0.4, -0.2) is 23.2 Å². The topological polar surface area (TPSA) is 58.6 Å². The largest absolute Gasteiger partial charge is 0.489 e. The van der Waals surface area contributed by atoms with Crippen LogP contribution in [0.1, 0.15) is 41.6 Å². The monoisotopic (exact) mass is 343 g/mol. The molecule has 2 aromatic rings. The fourth-order valence-electron chi connectivity index (χ4n) is 3.01. The second-order valence-corrected chi connectivity index (χ2v) is 6.43. The quantitative estimate of drug-likeness (QED) is 0.874. The predicted molar refractivity (Wildman–Crippen MR) is 92.9 cm³/mol. The van der Waals surface area contributed by atoms with Crippen molar-refractivity contribution in [3.63, 3.8) is 0 Å². The second-order valence-electron chi connectivity index (χ2n) is 6.43. The van der Waals surface area contributed by atoms with Crippen LogP contribution in [0.25, 0.3) is 0 Å². The summed E-state index contributed by atoms with van der Waals surface area (Å²) in [5.74, 6) is -0.00663. The SMILES string of the molecule is O=C(NC1CCC(O)CC1)c1cccc(COc2cccc(F)c2)c1. The van der Waals surface area contributed by atoms with E-state index in [0.717, 1.165) is 31.2 Å². The molecule has 1 aliphatic rings. The molecule has 25 heavy (non-hydrogen) atoms. The van der Waals surface area contributed by atoms with Crippen LogP contribution in [0.3, 0.4) is 0 Å². The number of ether oxygens (including phenoxy) is 1. The van der Waals surface area contributed by atoms with Crippen LogP contribution < -0.4 is 10.1 Å². The lowest BCUT2D eigenvalue weighted by Crippen LogP contribution is -2.38. The summed E-state index contributed by atoms with van der Waals surface area (Å²) in [5.41, 5.74) is 1.42. The summed E-state index contributed by atoms with van der Waals surface area (Å²) in [6.07, 6.45) is 2.82. The molecule has 0 aliphatic heterocycles. The van der Waals surface area contributed by atoms with Crippen molar-refractivity contribution in [2.24, 2.45) is 0 Å². The molecule has 0 aromatic heterocycles. The number of aliphatic hydroxyl groups is 1. The summed E-state index contributed by atoms with van der Waals surface area (Å²) in [4.78, 5) is 12.4. The third-order valence-electron chi connectivity index (χ3n) is 4.42. The summed E-state index contributed by atoms with van der Waals surface area (Å²) >= 11 is 0. The van der Waals surface area contributed by atoms with Gasteiger partial charge in [-0.15, -0.1) is 0 Å². The zero-order chi connectivity index (χ0) is 17.6. The lowest BCUT2D eigenvalue weighted by atomic mass is 9.93. The molecule has 0 atom stereocenters. The van der Waals surface area contributed by atoms with Crippen molar-refractivity contribution in [3.8, 4) is 5.75 Å². The van der Waals surface area contributed by atoms with Crippen LogP contribution in [0.15, 0.2) is 48.5 Å². The van der Waals surface area contributed by atoms with Gasteiger partial charge in [0.1, 0.15) is 18.2 Å². The van der Waals surface area contributed by atoms with Gasteiger partial charge in [0, 0.05) is 17.7 Å². The maximum absolute atomic E-state index is 13.2. The molecule has 0 radical (unpaired) electrons. The summed E-state index contributed by atoms with van der Waals surface area (Å²) in [6, 6.07) is 13.3. The highest BCUT2D eigenvalue weighted by molar-refractivity contribution is 5.94. The summed E-state index contributed by atoms with van der Waals surface area (Å²) < 4.78 is 18.7. The first-order chi connectivity index (χ1) is 12.1. The average molecular weight is 343 g/mol. The molecule has 1 aliphatic carbocycles. The van der Waals surface area contributed by atoms with Crippen molar-refractivity contribution in [2.75, 3.05) is 0 Å². The number of halogens is 1. The van der Waals surface area contributed by atoms with Gasteiger partial charge in [-0.05, 0) is 55.5 Å². The number of amides is 1. The molecular weight excluding hydrogens is 321 g/mol. The van der Waals surface area contributed by atoms with Crippen molar-refractivity contribution in [2.45, 2.75) is 44.4 Å². The van der Waals surface area contributed by atoms with Crippen molar-refractivity contribution < 1.29 is 19.0 Å². The highest BCUT2D eigenvalue weighted by Gasteiger charge is 2.21. The fraction of sp³-hybridized carbons (Fsp3) is 0.350. The summed E-state index contributed by atoms with van der Waals surface area (Å²) in [5, 5.41) is 12.6. The van der Waals surface area contributed by atoms with Gasteiger partial charge in [0.15, 0.2) is 0 Å². The Hall–Kier alpha value is -2.40. The summed E-state index contributed by atoms with van der Waals surface area (Å²) in [7, 11) is 0. The molecule has 3 rings (SSSR count). The van der Waals surface area contributed by atoms with Crippen LogP contribution in [0.5, 0.6) is 5.75 Å². The van der Waals surface area contributed by atoms with E-state index in [4.69, 9.17) is 4.74 Å². The fourth-order valence-corrected chi connectivity index (χ4v) is 3.01. The molecule has 4 nitrogen and oxygen atoms in total. The van der Waals surface area contributed by atoms with Crippen LogP contribution in [0, 0.1) is 5.82 Å². The third-order valence-corrected chi connectivity index (χ3v) is 4.42. The van der Waals surface area contributed by atoms with Gasteiger partial charge in [0.25, 0.3) is 5.91 Å². The van der Waals surface area contributed by atoms with E-state index < -0.39 is 0 Å². The molecule has 2 N–H and O–H groups in total. The molecule has 1 saturated carbocycles. The number of aliphatic hydroxyl groups excluding tert-OH is 1. The average Bonchev–Trinajstić information content (AvgIpc) is 2.62. The summed E-state index contributed by atoms with van der Waals surface area (Å²) in [6.45, 7) is 0.264. The number of carbonyl (C=O) groups excluding carboxylic acids is 1. The van der Waals surface area contributed by atoms with Gasteiger partial charge >= 0.3 is 0 Å². The number of benzene rings is 2. The van der Waals surface area contributed by atoms with Crippen LogP contribution in [0.2, 0.25) is 0 Å². The van der Waals surface area contributed by atoms with Crippen molar-refractivity contribution in [1.82, 2.24) is 5.32 Å². The molecule has 2 aromatic carbocycles. The standard InChI is InChI=1S/C20H22FNO3/c21-16-5-2-6-19(12-16)25-13-14-3-1-4-15(11-14)20(24)22-17-7-9-18(23)10-8-17/h1-6,11-12,17-18,23H,7-10,13H2,(H,22,24). The van der Waals surface area contributed by atoms with Gasteiger partial charge in [-0.25, -0.2) is 4.39 Å². The number of nitrogens with one attached hydrogen (secondary N) is 1. The lowest BCUT2D eigenvalue weighted by molar-refractivity contribution is 0.0867. The Morgan fingerprint density at radius 2 is 1.88 bits per heavy atom. The Morgan fingerprint density at radius 3 is 2.64 bits per heavy atom. The molecule has 132 valence electrons. The van der Waals surface area contributed by atoms with Gasteiger partial charge in [-0.1, -0.05) is 18.2 Å². The van der Waals surface area contributed by atoms with E-state index in [1.165, 1.54) is 12.1 Å². The number of rotatable bonds is 5. The van der Waals surface area contributed by atoms with Gasteiger partial charge in [-0.2, -0.15) is 0 Å². The van der Waals surface area contributed by atoms with Crippen molar-refractivity contribution in [3.05, 3.63) is 65.5 Å². The van der Waals surface area contributed by atoms with E-state index in [-0.39, 0.29) is 30.5 Å². The highest BCUT2D eigenvalue weighted by atomic mass is 19.1. The number of hydrogen-bond acceptors (Lipinski definition) is 3. The van der Waals surface area contributed by atoms with Crippen LogP contribution >= 0.6 is 0 Å². The number of hydrogen-bond donors (Lipinski definition) is 2. The normalized spacial score (nSPS) is 20.1. The molecule has 1 fully saturated rings. The third kappa shape index (κ3) is 5.03. The maximum atomic E-state index is 13.2. The van der Waals surface area contributed by atoms with E-state index in [2.05, 4.69) is 5.32 Å². The van der Waals surface area contributed by atoms with E-state index in [9.17, 15) is 14.3 Å². The molecule has 0 spiro atoms. The highest BCUT2D eigenvalue weighted by Crippen LogP contribution is 2.19. The van der Waals surface area contributed by atoms with Crippen molar-refractivity contribution in [1.29, 1.82) is 0 Å². The van der Waals surface area contributed by atoms with Gasteiger partial charge in [0.05, 0.1) is 6.10 Å². The first-order valence-corrected chi connectivity index (χ1v) is 8.56. The molecule has 0 saturated heterocycles. The molecule has 1 amide bonds. The molecule has 5 heteroatoms. The van der Waals surface area contributed by atoms with E-state index in [1.807, 2.05) is 12.1 Å². The second kappa shape index (κ2) is 8.12. The molecule has 0 heterocycles. The molecule has 0 bridgehead atoms. The Morgan fingerprint density at radius 1 is 1.12 bits per heavy atom. The lowest BCUT2D eigenvalue weighted by Gasteiger charge is -2.26. The van der Waals surface area contributed by atoms with Gasteiger partial charge < -0.3 is 15.2 Å². The minimum Gasteiger partial charge on any atom is -0.489 e. The smallest absolute Gasteiger partial charge is 0.251 e. The van der Waals surface area contributed by atoms with Gasteiger partial charge in [0.2, 0.25) is 0 Å².